The molecule has 4 nitrogen and oxygen atoms in total. The summed E-state index contributed by atoms with van der Waals surface area (Å²) in [6.45, 7) is 10.2. The fraction of sp³-hybridized carbons (Fsp3) is 0.571. The van der Waals surface area contributed by atoms with Crippen LogP contribution in [0, 0.1) is 19.3 Å². The number of hydrogen-bond donors (Lipinski definition) is 2. The Hall–Kier alpha value is -1.58. The Morgan fingerprint density at radius 2 is 1.83 bits per heavy atom. The van der Waals surface area contributed by atoms with Gasteiger partial charge in [-0.1, -0.05) is 13.8 Å². The number of nitrogens with one attached hydrogen (secondary N) is 1. The summed E-state index contributed by atoms with van der Waals surface area (Å²) in [6.07, 6.45) is 2.16. The molecule has 0 fully saturated rings. The van der Waals surface area contributed by atoms with Gasteiger partial charge in [0.25, 0.3) is 0 Å². The van der Waals surface area contributed by atoms with Crippen molar-refractivity contribution in [3.05, 3.63) is 23.0 Å². The topological polar surface area (TPSA) is 66.0 Å². The van der Waals surface area contributed by atoms with Crippen LogP contribution in [0.15, 0.2) is 6.07 Å². The van der Waals surface area contributed by atoms with Crippen molar-refractivity contribution in [1.29, 1.82) is 5.41 Å². The lowest BCUT2D eigenvalue weighted by Gasteiger charge is -2.27. The number of anilines is 1. The lowest BCUT2D eigenvalue weighted by molar-refractivity contribution is 0.742. The molecule has 1 aromatic heterocycles. The van der Waals surface area contributed by atoms with Gasteiger partial charge in [-0.05, 0) is 32.8 Å². The average Bonchev–Trinajstić information content (AvgIpc) is 2.26. The minimum atomic E-state index is 0.104. The fourth-order valence-electron chi connectivity index (χ4n) is 2.28. The Bertz CT molecular complexity index is 420. The third kappa shape index (κ3) is 3.22. The SMILES string of the molecule is CCCN(CCC)c1cc(C)nc(C)c1C(=N)N. The zero-order chi connectivity index (χ0) is 13.7. The predicted octanol–water partition coefficient (Wildman–Crippen LogP) is 2.61. The number of pyridine rings is 1. The summed E-state index contributed by atoms with van der Waals surface area (Å²) in [6, 6.07) is 2.04. The number of rotatable bonds is 6. The molecule has 0 aliphatic rings. The molecule has 4 heteroatoms. The molecule has 0 atom stereocenters. The van der Waals surface area contributed by atoms with E-state index in [0.29, 0.717) is 0 Å². The van der Waals surface area contributed by atoms with Crippen molar-refractivity contribution < 1.29 is 0 Å². The number of nitrogen functional groups attached to an aromatic ring is 1. The van der Waals surface area contributed by atoms with Gasteiger partial charge < -0.3 is 10.6 Å². The summed E-state index contributed by atoms with van der Waals surface area (Å²) < 4.78 is 0. The largest absolute Gasteiger partial charge is 0.384 e. The molecule has 0 aromatic carbocycles. The van der Waals surface area contributed by atoms with Gasteiger partial charge >= 0.3 is 0 Å². The van der Waals surface area contributed by atoms with E-state index in [2.05, 4.69) is 23.7 Å². The molecule has 18 heavy (non-hydrogen) atoms. The summed E-state index contributed by atoms with van der Waals surface area (Å²) in [5.74, 6) is 0.104. The third-order valence-electron chi connectivity index (χ3n) is 2.90. The highest BCUT2D eigenvalue weighted by molar-refractivity contribution is 6.01. The first kappa shape index (κ1) is 14.5. The van der Waals surface area contributed by atoms with Gasteiger partial charge in [0.1, 0.15) is 5.84 Å². The zero-order valence-electron chi connectivity index (χ0n) is 11.9. The first-order valence-electron chi connectivity index (χ1n) is 6.58. The first-order valence-corrected chi connectivity index (χ1v) is 6.58. The molecule has 1 aromatic rings. The van der Waals surface area contributed by atoms with E-state index in [4.69, 9.17) is 11.1 Å². The van der Waals surface area contributed by atoms with Crippen LogP contribution in [0.1, 0.15) is 43.6 Å². The average molecular weight is 248 g/mol. The van der Waals surface area contributed by atoms with Crippen LogP contribution in [0.3, 0.4) is 0 Å². The van der Waals surface area contributed by atoms with Gasteiger partial charge in [0.15, 0.2) is 0 Å². The fourth-order valence-corrected chi connectivity index (χ4v) is 2.28. The van der Waals surface area contributed by atoms with Gasteiger partial charge in [0, 0.05) is 18.8 Å². The summed E-state index contributed by atoms with van der Waals surface area (Å²) >= 11 is 0. The van der Waals surface area contributed by atoms with Crippen LogP contribution >= 0.6 is 0 Å². The predicted molar refractivity (Wildman–Crippen MR) is 77.5 cm³/mol. The van der Waals surface area contributed by atoms with E-state index in [9.17, 15) is 0 Å². The summed E-state index contributed by atoms with van der Waals surface area (Å²) in [5.41, 5.74) is 9.36. The molecular formula is C14H24N4. The normalized spacial score (nSPS) is 10.4. The number of nitrogens with two attached hydrogens (primary N) is 1. The third-order valence-corrected chi connectivity index (χ3v) is 2.90. The monoisotopic (exact) mass is 248 g/mol. The molecular weight excluding hydrogens is 224 g/mol. The van der Waals surface area contributed by atoms with Crippen molar-refractivity contribution in [3.63, 3.8) is 0 Å². The molecule has 0 saturated heterocycles. The van der Waals surface area contributed by atoms with Crippen LogP contribution in [0.5, 0.6) is 0 Å². The molecule has 0 radical (unpaired) electrons. The number of hydrogen-bond acceptors (Lipinski definition) is 3. The smallest absolute Gasteiger partial charge is 0.126 e. The Morgan fingerprint density at radius 1 is 1.28 bits per heavy atom. The number of aryl methyl sites for hydroxylation is 2. The maximum Gasteiger partial charge on any atom is 0.126 e. The highest BCUT2D eigenvalue weighted by atomic mass is 15.1. The van der Waals surface area contributed by atoms with Crippen LogP contribution in [0.4, 0.5) is 5.69 Å². The Balaban J connectivity index is 3.29. The van der Waals surface area contributed by atoms with E-state index in [1.807, 2.05) is 19.9 Å². The zero-order valence-corrected chi connectivity index (χ0v) is 11.9. The minimum absolute atomic E-state index is 0.104. The van der Waals surface area contributed by atoms with Crippen molar-refractivity contribution in [1.82, 2.24) is 4.98 Å². The highest BCUT2D eigenvalue weighted by Crippen LogP contribution is 2.24. The Labute approximate surface area is 110 Å². The van der Waals surface area contributed by atoms with Gasteiger partial charge in [-0.25, -0.2) is 0 Å². The van der Waals surface area contributed by atoms with Crippen LogP contribution in [0.2, 0.25) is 0 Å². The molecule has 1 heterocycles. The summed E-state index contributed by atoms with van der Waals surface area (Å²) in [5, 5.41) is 7.76. The lowest BCUT2D eigenvalue weighted by Crippen LogP contribution is -2.29. The number of nitrogens with zero attached hydrogens (tertiary/aromatic N) is 2. The molecule has 0 amide bonds. The maximum atomic E-state index is 7.76. The van der Waals surface area contributed by atoms with E-state index in [-0.39, 0.29) is 5.84 Å². The molecule has 1 rings (SSSR count). The second-order valence-corrected chi connectivity index (χ2v) is 4.64. The van der Waals surface area contributed by atoms with E-state index in [1.54, 1.807) is 0 Å². The standard InChI is InChI=1S/C14H24N4/c1-5-7-18(8-6-2)12-9-10(3)17-11(4)13(12)14(15)16/h9H,5-8H2,1-4H3,(H3,15,16). The molecule has 100 valence electrons. The van der Waals surface area contributed by atoms with Gasteiger partial charge in [-0.15, -0.1) is 0 Å². The maximum absolute atomic E-state index is 7.76. The van der Waals surface area contributed by atoms with Gasteiger partial charge in [0.2, 0.25) is 0 Å². The Kier molecular flexibility index (Phi) is 5.13. The Morgan fingerprint density at radius 3 is 2.28 bits per heavy atom. The lowest BCUT2D eigenvalue weighted by atomic mass is 10.1. The van der Waals surface area contributed by atoms with E-state index < -0.39 is 0 Å². The number of amidine groups is 1. The first-order chi connectivity index (χ1) is 8.51. The van der Waals surface area contributed by atoms with Crippen LogP contribution in [-0.4, -0.2) is 23.9 Å². The molecule has 0 saturated carbocycles. The molecule has 0 aliphatic carbocycles. The molecule has 3 N–H and O–H groups in total. The second-order valence-electron chi connectivity index (χ2n) is 4.64. The van der Waals surface area contributed by atoms with E-state index in [1.165, 1.54) is 0 Å². The highest BCUT2D eigenvalue weighted by Gasteiger charge is 2.16. The quantitative estimate of drug-likeness (QED) is 0.600. The van der Waals surface area contributed by atoms with Crippen molar-refractivity contribution >= 4 is 11.5 Å². The van der Waals surface area contributed by atoms with Gasteiger partial charge in [-0.2, -0.15) is 0 Å². The van der Waals surface area contributed by atoms with Gasteiger partial charge in [-0.3, -0.25) is 10.4 Å². The number of aromatic nitrogens is 1. The summed E-state index contributed by atoms with van der Waals surface area (Å²) in [7, 11) is 0. The van der Waals surface area contributed by atoms with Crippen molar-refractivity contribution in [2.75, 3.05) is 18.0 Å². The molecule has 0 aliphatic heterocycles. The van der Waals surface area contributed by atoms with Crippen LogP contribution < -0.4 is 10.6 Å². The van der Waals surface area contributed by atoms with E-state index >= 15 is 0 Å². The van der Waals surface area contributed by atoms with E-state index in [0.717, 1.165) is 48.6 Å². The molecule has 0 bridgehead atoms. The van der Waals surface area contributed by atoms with Crippen LogP contribution in [0.25, 0.3) is 0 Å². The van der Waals surface area contributed by atoms with Crippen LogP contribution in [-0.2, 0) is 0 Å². The van der Waals surface area contributed by atoms with Crippen molar-refractivity contribution in [2.45, 2.75) is 40.5 Å². The molecule has 0 unspecified atom stereocenters. The summed E-state index contributed by atoms with van der Waals surface area (Å²) in [4.78, 5) is 6.71. The minimum Gasteiger partial charge on any atom is -0.384 e. The second kappa shape index (κ2) is 6.38. The molecule has 0 spiro atoms. The van der Waals surface area contributed by atoms with Gasteiger partial charge in [0.05, 0.1) is 16.9 Å². The van der Waals surface area contributed by atoms with Crippen molar-refractivity contribution in [3.8, 4) is 0 Å². The van der Waals surface area contributed by atoms with Crippen molar-refractivity contribution in [2.24, 2.45) is 5.73 Å².